The van der Waals surface area contributed by atoms with Crippen LogP contribution < -0.4 is 18.9 Å². The molecule has 0 radical (unpaired) electrons. The molecule has 2 amide bonds. The van der Waals surface area contributed by atoms with E-state index in [2.05, 4.69) is 49.1 Å². The van der Waals surface area contributed by atoms with Crippen LogP contribution in [-0.4, -0.2) is 125 Å². The van der Waals surface area contributed by atoms with Crippen molar-refractivity contribution in [2.24, 2.45) is 11.8 Å². The van der Waals surface area contributed by atoms with Crippen LogP contribution in [0.3, 0.4) is 0 Å². The normalized spacial score (nSPS) is 21.9. The molecule has 13 heteroatoms. The summed E-state index contributed by atoms with van der Waals surface area (Å²) in [5, 5.41) is 0. The van der Waals surface area contributed by atoms with E-state index in [4.69, 9.17) is 37.9 Å². The Morgan fingerprint density at radius 1 is 0.554 bits per heavy atom. The van der Waals surface area contributed by atoms with Gasteiger partial charge in [0.15, 0.2) is 0 Å². The molecule has 3 aliphatic rings. The predicted octanol–water partition coefficient (Wildman–Crippen LogP) is 8.20. The molecule has 0 bridgehead atoms. The highest BCUT2D eigenvalue weighted by Crippen LogP contribution is 2.39. The van der Waals surface area contributed by atoms with E-state index in [1.165, 1.54) is 0 Å². The number of methoxy groups -OCH3 is 4. The smallest absolute Gasteiger partial charge is 0.320 e. The summed E-state index contributed by atoms with van der Waals surface area (Å²) in [6.07, 6.45) is 4.35. The molecule has 2 aromatic carbocycles. The van der Waals surface area contributed by atoms with Crippen LogP contribution in [0.1, 0.15) is 36.8 Å². The van der Waals surface area contributed by atoms with Crippen molar-refractivity contribution in [3.8, 4) is 23.0 Å². The predicted molar refractivity (Wildman–Crippen MR) is 226 cm³/mol. The molecule has 56 heavy (non-hydrogen) atoms. The van der Waals surface area contributed by atoms with Gasteiger partial charge in [0.25, 0.3) is 0 Å². The Hall–Kier alpha value is -2.82. The molecule has 5 rings (SSSR count). The number of ether oxygens (including phenoxy) is 8. The summed E-state index contributed by atoms with van der Waals surface area (Å²) in [6.45, 7) is 16.8. The average Bonchev–Trinajstić information content (AvgIpc) is 4.10. The van der Waals surface area contributed by atoms with E-state index in [1.807, 2.05) is 36.4 Å². The zero-order valence-corrected chi connectivity index (χ0v) is 37.9. The van der Waals surface area contributed by atoms with Crippen molar-refractivity contribution in [2.75, 3.05) is 68.3 Å². The lowest BCUT2D eigenvalue weighted by molar-refractivity contribution is -0.187. The third-order valence-electron chi connectivity index (χ3n) is 11.1. The minimum absolute atomic E-state index is 0.0301. The summed E-state index contributed by atoms with van der Waals surface area (Å²) in [4.78, 5) is 19.6. The molecule has 2 aromatic rings. The topological polar surface area (TPSA) is 97.4 Å². The second kappa shape index (κ2) is 20.2. The molecule has 2 aliphatic carbocycles. The molecule has 2 saturated carbocycles. The van der Waals surface area contributed by atoms with Crippen LogP contribution in [-0.2, 0) is 31.8 Å². The van der Waals surface area contributed by atoms with Gasteiger partial charge in [0.1, 0.15) is 48.8 Å². The van der Waals surface area contributed by atoms with Gasteiger partial charge in [-0.15, -0.1) is 0 Å². The molecule has 4 atom stereocenters. The van der Waals surface area contributed by atoms with Crippen molar-refractivity contribution in [3.05, 3.63) is 47.5 Å². The van der Waals surface area contributed by atoms with Crippen LogP contribution in [0.2, 0.25) is 51.4 Å². The first-order chi connectivity index (χ1) is 26.7. The van der Waals surface area contributed by atoms with Crippen molar-refractivity contribution in [3.63, 3.8) is 0 Å². The molecule has 314 valence electrons. The molecule has 1 saturated heterocycles. The fourth-order valence-corrected chi connectivity index (χ4v) is 8.78. The van der Waals surface area contributed by atoms with Gasteiger partial charge in [-0.3, -0.25) is 0 Å². The van der Waals surface area contributed by atoms with Gasteiger partial charge in [-0.1, -0.05) is 39.3 Å². The molecule has 0 N–H and O–H groups in total. The number of benzene rings is 2. The Bertz CT molecular complexity index is 1390. The Labute approximate surface area is 338 Å². The van der Waals surface area contributed by atoms with Gasteiger partial charge >= 0.3 is 6.03 Å². The quantitative estimate of drug-likeness (QED) is 0.0591. The average molecular weight is 815 g/mol. The zero-order valence-electron chi connectivity index (χ0n) is 35.9. The molecule has 1 aliphatic heterocycles. The van der Waals surface area contributed by atoms with Crippen LogP contribution in [0.25, 0.3) is 0 Å². The maximum atomic E-state index is 15.4. The highest BCUT2D eigenvalue weighted by molar-refractivity contribution is 6.76. The lowest BCUT2D eigenvalue weighted by Crippen LogP contribution is -2.54. The van der Waals surface area contributed by atoms with Crippen LogP contribution >= 0.6 is 0 Å². The minimum Gasteiger partial charge on any atom is -0.497 e. The van der Waals surface area contributed by atoms with Crippen LogP contribution in [0.4, 0.5) is 4.79 Å². The Morgan fingerprint density at radius 3 is 1.18 bits per heavy atom. The molecule has 0 unspecified atom stereocenters. The summed E-state index contributed by atoms with van der Waals surface area (Å²) in [5.74, 6) is 3.68. The first-order valence-corrected chi connectivity index (χ1v) is 28.0. The lowest BCUT2D eigenvalue weighted by Gasteiger charge is -2.38. The summed E-state index contributed by atoms with van der Waals surface area (Å²) in [7, 11) is 3.99. The van der Waals surface area contributed by atoms with Gasteiger partial charge in [0, 0.05) is 54.6 Å². The highest BCUT2D eigenvalue weighted by Gasteiger charge is 2.51. The summed E-state index contributed by atoms with van der Waals surface area (Å²) >= 11 is 0. The summed E-state index contributed by atoms with van der Waals surface area (Å²) in [6, 6.07) is 13.2. The maximum absolute atomic E-state index is 15.4. The van der Waals surface area contributed by atoms with E-state index in [1.54, 1.807) is 28.4 Å². The molecule has 3 fully saturated rings. The largest absolute Gasteiger partial charge is 0.497 e. The van der Waals surface area contributed by atoms with Gasteiger partial charge in [0.05, 0.1) is 40.5 Å². The maximum Gasteiger partial charge on any atom is 0.320 e. The molecule has 0 spiro atoms. The van der Waals surface area contributed by atoms with Gasteiger partial charge < -0.3 is 47.7 Å². The summed E-state index contributed by atoms with van der Waals surface area (Å²) in [5.41, 5.74) is 1.98. The van der Waals surface area contributed by atoms with E-state index in [0.29, 0.717) is 74.0 Å². The fourth-order valence-electron chi connectivity index (χ4n) is 7.27. The van der Waals surface area contributed by atoms with Gasteiger partial charge in [-0.05, 0) is 97.8 Å². The molecule has 11 nitrogen and oxygen atoms in total. The first kappa shape index (κ1) is 44.3. The van der Waals surface area contributed by atoms with E-state index in [9.17, 15) is 0 Å². The fraction of sp³-hybridized carbons (Fsp3) is 0.698. The van der Waals surface area contributed by atoms with E-state index < -0.39 is 28.4 Å². The molecule has 0 aromatic heterocycles. The van der Waals surface area contributed by atoms with E-state index >= 15 is 4.79 Å². The third-order valence-corrected chi connectivity index (χ3v) is 14.5. The van der Waals surface area contributed by atoms with E-state index in [0.717, 1.165) is 48.9 Å². The number of hydrogen-bond acceptors (Lipinski definition) is 9. The Morgan fingerprint density at radius 2 is 0.893 bits per heavy atom. The monoisotopic (exact) mass is 814 g/mol. The number of carbonyl (C=O) groups is 1. The molecular formula is C43H70N2O9Si2. The first-order valence-electron chi connectivity index (χ1n) is 20.6. The van der Waals surface area contributed by atoms with Crippen molar-refractivity contribution in [1.29, 1.82) is 0 Å². The Kier molecular flexibility index (Phi) is 16.0. The SMILES string of the molecule is COc1cc(C[C@@H]2[C@H](OCOCC[Si](C)(C)C)[C@@H](OCOCC[Si](C)(C)C)[C@@H](Cc3cc(OC)cc(OC)c3)N(CC3CC3)C(=O)N2CC2CC2)cc(OC)c1. The number of urea groups is 1. The van der Waals surface area contributed by atoms with Crippen molar-refractivity contribution < 1.29 is 42.7 Å². The highest BCUT2D eigenvalue weighted by atomic mass is 28.3. The standard InChI is InChI=1S/C43H70N2O9Si2/c1-47-35-19-33(20-36(25-35)48-2)23-39-41(53-29-51-15-17-55(5,6)7)42(54-30-52-16-18-56(8,9)10)40(24-34-21-37(49-3)26-38(22-34)50-4)45(28-32-13-14-32)43(46)44(39)27-31-11-12-31/h19-22,25-26,31-32,39-42H,11-18,23-24,27-30H2,1-10H3/t39-,40-,41+,42+/m1/s1. The van der Waals surface area contributed by atoms with E-state index in [-0.39, 0.29) is 31.7 Å². The lowest BCUT2D eigenvalue weighted by atomic mass is 9.90. The van der Waals surface area contributed by atoms with Crippen LogP contribution in [0, 0.1) is 11.8 Å². The number of carbonyl (C=O) groups excluding carboxylic acids is 1. The van der Waals surface area contributed by atoms with Gasteiger partial charge in [0.2, 0.25) is 0 Å². The minimum atomic E-state index is -1.33. The second-order valence-corrected chi connectivity index (χ2v) is 29.6. The van der Waals surface area contributed by atoms with Crippen LogP contribution in [0.5, 0.6) is 23.0 Å². The van der Waals surface area contributed by atoms with Crippen molar-refractivity contribution in [1.82, 2.24) is 9.80 Å². The van der Waals surface area contributed by atoms with Crippen LogP contribution in [0.15, 0.2) is 36.4 Å². The second-order valence-electron chi connectivity index (χ2n) is 18.4. The number of rotatable bonds is 24. The van der Waals surface area contributed by atoms with Crippen molar-refractivity contribution in [2.45, 2.75) is 114 Å². The summed E-state index contributed by atoms with van der Waals surface area (Å²) < 4.78 is 49.4. The molecule has 1 heterocycles. The zero-order chi connectivity index (χ0) is 40.5. The molecular weight excluding hydrogens is 745 g/mol. The Balaban J connectivity index is 1.61. The third kappa shape index (κ3) is 13.6. The number of nitrogens with zero attached hydrogens (tertiary/aromatic N) is 2. The van der Waals surface area contributed by atoms with Gasteiger partial charge in [-0.2, -0.15) is 0 Å². The van der Waals surface area contributed by atoms with Crippen molar-refractivity contribution >= 4 is 22.2 Å². The number of hydrogen-bond donors (Lipinski definition) is 0. The van der Waals surface area contributed by atoms with Gasteiger partial charge in [-0.25, -0.2) is 4.79 Å². The number of amides is 2.